The van der Waals surface area contributed by atoms with Crippen molar-refractivity contribution in [2.45, 2.75) is 0 Å². The monoisotopic (exact) mass is 419 g/mol. The van der Waals surface area contributed by atoms with Gasteiger partial charge in [0.05, 0.1) is 33.3 Å². The molecule has 0 aliphatic carbocycles. The van der Waals surface area contributed by atoms with Gasteiger partial charge in [-0.25, -0.2) is 9.79 Å². The molecule has 10 heteroatoms. The van der Waals surface area contributed by atoms with Gasteiger partial charge in [-0.15, -0.1) is 0 Å². The number of ether oxygens (including phenoxy) is 5. The molecule has 0 amide bonds. The van der Waals surface area contributed by atoms with E-state index in [0.717, 1.165) is 5.13 Å². The number of carbonyl (C=O) groups is 1. The summed E-state index contributed by atoms with van der Waals surface area (Å²) in [6.45, 7) is 0. The van der Waals surface area contributed by atoms with Gasteiger partial charge in [-0.05, 0) is 18.2 Å². The maximum absolute atomic E-state index is 12.4. The van der Waals surface area contributed by atoms with E-state index in [9.17, 15) is 4.79 Å². The zero-order chi connectivity index (χ0) is 21.1. The molecule has 1 aliphatic rings. The van der Waals surface area contributed by atoms with Gasteiger partial charge in [-0.2, -0.15) is 4.98 Å². The molecule has 0 fully saturated rings. The lowest BCUT2D eigenvalue weighted by atomic mass is 10.2. The van der Waals surface area contributed by atoms with Crippen LogP contribution in [-0.4, -0.2) is 59.4 Å². The third-order valence-electron chi connectivity index (χ3n) is 3.99. The number of nitrogens with zero attached hydrogens (tertiary/aromatic N) is 3. The Kier molecular flexibility index (Phi) is 5.92. The molecule has 0 N–H and O–H groups in total. The van der Waals surface area contributed by atoms with Crippen LogP contribution in [0.15, 0.2) is 22.8 Å². The fourth-order valence-electron chi connectivity index (χ4n) is 2.60. The van der Waals surface area contributed by atoms with Gasteiger partial charge in [0.15, 0.2) is 22.3 Å². The molecule has 0 saturated heterocycles. The van der Waals surface area contributed by atoms with Crippen molar-refractivity contribution in [3.05, 3.63) is 28.3 Å². The van der Waals surface area contributed by atoms with Crippen molar-refractivity contribution in [1.82, 2.24) is 4.98 Å². The van der Waals surface area contributed by atoms with Crippen molar-refractivity contribution in [3.63, 3.8) is 0 Å². The Balaban J connectivity index is 2.02. The standard InChI is InChI=1S/C19H21N3O6S/c1-22(2)19-21-17(27-6)14(29-19)9-11-18(23)28-16(20-11)10-7-12(24-3)15(26-5)13(8-10)25-4/h7-9H,1-6H3/b11-9-. The number of cyclic esters (lactones) is 1. The average molecular weight is 419 g/mol. The Labute approximate surface area is 172 Å². The second-order valence-electron chi connectivity index (χ2n) is 6.01. The van der Waals surface area contributed by atoms with Crippen molar-refractivity contribution in [1.29, 1.82) is 0 Å². The number of thiazole rings is 1. The normalized spacial score (nSPS) is 14.5. The number of anilines is 1. The molecule has 1 aromatic heterocycles. The predicted octanol–water partition coefficient (Wildman–Crippen LogP) is 2.59. The first kappa shape index (κ1) is 20.5. The molecule has 29 heavy (non-hydrogen) atoms. The maximum Gasteiger partial charge on any atom is 0.363 e. The summed E-state index contributed by atoms with van der Waals surface area (Å²) in [5, 5.41) is 0.744. The van der Waals surface area contributed by atoms with Gasteiger partial charge in [0.1, 0.15) is 0 Å². The first-order valence-corrected chi connectivity index (χ1v) is 9.28. The van der Waals surface area contributed by atoms with E-state index in [2.05, 4.69) is 9.98 Å². The highest BCUT2D eigenvalue weighted by atomic mass is 32.1. The van der Waals surface area contributed by atoms with Crippen LogP contribution >= 0.6 is 11.3 Å². The van der Waals surface area contributed by atoms with E-state index in [1.165, 1.54) is 39.8 Å². The fraction of sp³-hybridized carbons (Fsp3) is 0.316. The first-order chi connectivity index (χ1) is 13.9. The van der Waals surface area contributed by atoms with Gasteiger partial charge in [0, 0.05) is 19.7 Å². The molecule has 0 atom stereocenters. The summed E-state index contributed by atoms with van der Waals surface area (Å²) in [6, 6.07) is 3.32. The zero-order valence-corrected chi connectivity index (χ0v) is 17.7. The van der Waals surface area contributed by atoms with Crippen molar-refractivity contribution >= 4 is 34.4 Å². The molecule has 2 heterocycles. The topological polar surface area (TPSA) is 91.7 Å². The minimum Gasteiger partial charge on any atom is -0.493 e. The molecule has 0 bridgehead atoms. The largest absolute Gasteiger partial charge is 0.493 e. The van der Waals surface area contributed by atoms with Gasteiger partial charge in [0.25, 0.3) is 0 Å². The van der Waals surface area contributed by atoms with E-state index in [-0.39, 0.29) is 11.6 Å². The van der Waals surface area contributed by atoms with Crippen LogP contribution in [0.25, 0.3) is 6.08 Å². The van der Waals surface area contributed by atoms with Gasteiger partial charge in [0.2, 0.25) is 17.5 Å². The Morgan fingerprint density at radius 3 is 2.21 bits per heavy atom. The Morgan fingerprint density at radius 2 is 1.69 bits per heavy atom. The number of rotatable bonds is 7. The average Bonchev–Trinajstić information content (AvgIpc) is 3.30. The van der Waals surface area contributed by atoms with E-state index in [1.54, 1.807) is 18.2 Å². The smallest absolute Gasteiger partial charge is 0.363 e. The van der Waals surface area contributed by atoms with Crippen LogP contribution in [0.5, 0.6) is 23.1 Å². The summed E-state index contributed by atoms with van der Waals surface area (Å²) in [6.07, 6.45) is 1.59. The van der Waals surface area contributed by atoms with Crippen molar-refractivity contribution in [2.75, 3.05) is 47.4 Å². The lowest BCUT2D eigenvalue weighted by molar-refractivity contribution is -0.129. The van der Waals surface area contributed by atoms with Crippen LogP contribution in [0.2, 0.25) is 0 Å². The highest BCUT2D eigenvalue weighted by Gasteiger charge is 2.27. The Morgan fingerprint density at radius 1 is 1.03 bits per heavy atom. The first-order valence-electron chi connectivity index (χ1n) is 8.46. The molecule has 154 valence electrons. The molecule has 2 aromatic rings. The minimum atomic E-state index is -0.574. The summed E-state index contributed by atoms with van der Waals surface area (Å²) in [5.74, 6) is 1.27. The van der Waals surface area contributed by atoms with Crippen molar-refractivity contribution in [3.8, 4) is 23.1 Å². The zero-order valence-electron chi connectivity index (χ0n) is 16.9. The van der Waals surface area contributed by atoms with E-state index in [4.69, 9.17) is 23.7 Å². The maximum atomic E-state index is 12.4. The summed E-state index contributed by atoms with van der Waals surface area (Å²) >= 11 is 1.38. The third-order valence-corrected chi connectivity index (χ3v) is 5.14. The highest BCUT2D eigenvalue weighted by Crippen LogP contribution is 2.39. The SMILES string of the molecule is COc1cc(C2=N/C(=C\c3sc(N(C)C)nc3OC)C(=O)O2)cc(OC)c1OC. The van der Waals surface area contributed by atoms with Gasteiger partial charge in [-0.1, -0.05) is 11.3 Å². The summed E-state index contributed by atoms with van der Waals surface area (Å²) in [4.78, 5) is 23.6. The molecule has 0 saturated carbocycles. The summed E-state index contributed by atoms with van der Waals surface area (Å²) in [7, 11) is 9.80. The summed E-state index contributed by atoms with van der Waals surface area (Å²) in [5.41, 5.74) is 0.655. The number of benzene rings is 1. The van der Waals surface area contributed by atoms with E-state index < -0.39 is 5.97 Å². The number of aromatic nitrogens is 1. The molecule has 1 aliphatic heterocycles. The van der Waals surface area contributed by atoms with Crippen LogP contribution < -0.4 is 23.8 Å². The number of esters is 1. The third kappa shape index (κ3) is 3.97. The molecule has 0 spiro atoms. The Hall–Kier alpha value is -3.27. The van der Waals surface area contributed by atoms with Crippen LogP contribution in [0.4, 0.5) is 5.13 Å². The van der Waals surface area contributed by atoms with Crippen LogP contribution in [-0.2, 0) is 9.53 Å². The predicted molar refractivity (Wildman–Crippen MR) is 110 cm³/mol. The molecular weight excluding hydrogens is 398 g/mol. The van der Waals surface area contributed by atoms with E-state index >= 15 is 0 Å². The molecule has 0 radical (unpaired) electrons. The van der Waals surface area contributed by atoms with Gasteiger partial charge >= 0.3 is 5.97 Å². The van der Waals surface area contributed by atoms with Crippen LogP contribution in [0.1, 0.15) is 10.4 Å². The second-order valence-corrected chi connectivity index (χ2v) is 7.02. The highest BCUT2D eigenvalue weighted by molar-refractivity contribution is 7.16. The number of hydrogen-bond acceptors (Lipinski definition) is 10. The minimum absolute atomic E-state index is 0.136. The van der Waals surface area contributed by atoms with Crippen molar-refractivity contribution in [2.24, 2.45) is 4.99 Å². The van der Waals surface area contributed by atoms with E-state index in [0.29, 0.717) is 33.6 Å². The number of methoxy groups -OCH3 is 4. The Bertz CT molecular complexity index is 971. The molecule has 1 aromatic carbocycles. The number of aliphatic imine (C=N–C) groups is 1. The molecule has 0 unspecified atom stereocenters. The number of hydrogen-bond donors (Lipinski definition) is 0. The van der Waals surface area contributed by atoms with E-state index in [1.807, 2.05) is 19.0 Å². The van der Waals surface area contributed by atoms with Crippen LogP contribution in [0, 0.1) is 0 Å². The van der Waals surface area contributed by atoms with Gasteiger partial charge in [-0.3, -0.25) is 0 Å². The van der Waals surface area contributed by atoms with Gasteiger partial charge < -0.3 is 28.6 Å². The lowest BCUT2D eigenvalue weighted by Crippen LogP contribution is -2.07. The molecule has 9 nitrogen and oxygen atoms in total. The summed E-state index contributed by atoms with van der Waals surface area (Å²) < 4.78 is 26.6. The fourth-order valence-corrected chi connectivity index (χ4v) is 3.49. The quantitative estimate of drug-likeness (QED) is 0.500. The number of carbonyl (C=O) groups excluding carboxylic acids is 1. The molecular formula is C19H21N3O6S. The van der Waals surface area contributed by atoms with Crippen LogP contribution in [0.3, 0.4) is 0 Å². The van der Waals surface area contributed by atoms with Crippen molar-refractivity contribution < 1.29 is 28.5 Å². The second kappa shape index (κ2) is 8.39. The molecule has 3 rings (SSSR count). The lowest BCUT2D eigenvalue weighted by Gasteiger charge is -2.13.